The molecule has 1 unspecified atom stereocenters. The Balaban J connectivity index is 1.76. The Hall–Kier alpha value is -1.84. The summed E-state index contributed by atoms with van der Waals surface area (Å²) in [5.74, 6) is -0.0307. The molecule has 0 radical (unpaired) electrons. The van der Waals surface area contributed by atoms with E-state index >= 15 is 0 Å². The van der Waals surface area contributed by atoms with Crippen molar-refractivity contribution in [3.63, 3.8) is 0 Å². The van der Waals surface area contributed by atoms with Crippen molar-refractivity contribution in [2.45, 2.75) is 38.6 Å². The molecule has 1 aliphatic rings. The molecule has 4 heteroatoms. The molecule has 1 N–H and O–H groups in total. The minimum atomic E-state index is -0.0307. The van der Waals surface area contributed by atoms with Crippen LogP contribution in [0.25, 0.3) is 0 Å². The SMILES string of the molecule is Cc1ccc(C(=O)NCC(c2ccccc2Cl)N2CCCCCC2)cc1. The number of carbonyl (C=O) groups excluding carboxylic acids is 1. The highest BCUT2D eigenvalue weighted by molar-refractivity contribution is 6.31. The highest BCUT2D eigenvalue weighted by Gasteiger charge is 2.24. The molecule has 26 heavy (non-hydrogen) atoms. The maximum absolute atomic E-state index is 12.6. The van der Waals surface area contributed by atoms with E-state index in [1.165, 1.54) is 25.7 Å². The Bertz CT molecular complexity index is 721. The van der Waals surface area contributed by atoms with E-state index in [9.17, 15) is 4.79 Å². The number of nitrogens with zero attached hydrogens (tertiary/aromatic N) is 1. The lowest BCUT2D eigenvalue weighted by molar-refractivity contribution is 0.0933. The molecular weight excluding hydrogens is 344 g/mol. The quantitative estimate of drug-likeness (QED) is 0.803. The van der Waals surface area contributed by atoms with E-state index in [1.807, 2.05) is 49.4 Å². The largest absolute Gasteiger partial charge is 0.350 e. The van der Waals surface area contributed by atoms with Crippen LogP contribution in [0.2, 0.25) is 5.02 Å². The highest BCUT2D eigenvalue weighted by Crippen LogP contribution is 2.29. The number of rotatable bonds is 5. The van der Waals surface area contributed by atoms with Crippen LogP contribution in [0.15, 0.2) is 48.5 Å². The van der Waals surface area contributed by atoms with Gasteiger partial charge in [0.05, 0.1) is 6.04 Å². The van der Waals surface area contributed by atoms with Gasteiger partial charge in [-0.1, -0.05) is 60.3 Å². The number of hydrogen-bond acceptors (Lipinski definition) is 2. The van der Waals surface area contributed by atoms with Crippen LogP contribution >= 0.6 is 11.6 Å². The van der Waals surface area contributed by atoms with Gasteiger partial charge in [0.1, 0.15) is 0 Å². The van der Waals surface area contributed by atoms with Gasteiger partial charge in [0.2, 0.25) is 0 Å². The van der Waals surface area contributed by atoms with Gasteiger partial charge < -0.3 is 5.32 Å². The van der Waals surface area contributed by atoms with Crippen LogP contribution in [0.4, 0.5) is 0 Å². The van der Waals surface area contributed by atoms with Gasteiger partial charge in [-0.2, -0.15) is 0 Å². The second-order valence-electron chi connectivity index (χ2n) is 7.06. The van der Waals surface area contributed by atoms with E-state index < -0.39 is 0 Å². The first-order valence-corrected chi connectivity index (χ1v) is 9.86. The first-order valence-electron chi connectivity index (χ1n) is 9.48. The van der Waals surface area contributed by atoms with Gasteiger partial charge in [0, 0.05) is 17.1 Å². The minimum absolute atomic E-state index is 0.0307. The summed E-state index contributed by atoms with van der Waals surface area (Å²) in [5, 5.41) is 3.89. The molecule has 0 bridgehead atoms. The van der Waals surface area contributed by atoms with Crippen molar-refractivity contribution in [2.75, 3.05) is 19.6 Å². The summed E-state index contributed by atoms with van der Waals surface area (Å²) in [6.07, 6.45) is 4.96. The van der Waals surface area contributed by atoms with Crippen molar-refractivity contribution in [3.05, 3.63) is 70.2 Å². The van der Waals surface area contributed by atoms with Crippen LogP contribution in [-0.2, 0) is 0 Å². The van der Waals surface area contributed by atoms with Crippen molar-refractivity contribution in [2.24, 2.45) is 0 Å². The molecule has 0 aliphatic carbocycles. The normalized spacial score (nSPS) is 16.7. The van der Waals surface area contributed by atoms with Crippen LogP contribution in [0.1, 0.15) is 53.2 Å². The summed E-state index contributed by atoms with van der Waals surface area (Å²) in [4.78, 5) is 15.0. The molecule has 1 fully saturated rings. The molecule has 3 rings (SSSR count). The highest BCUT2D eigenvalue weighted by atomic mass is 35.5. The Morgan fingerprint density at radius 3 is 2.35 bits per heavy atom. The van der Waals surface area contributed by atoms with E-state index in [2.05, 4.69) is 16.3 Å². The summed E-state index contributed by atoms with van der Waals surface area (Å²) < 4.78 is 0. The lowest BCUT2D eigenvalue weighted by Gasteiger charge is -2.31. The molecule has 138 valence electrons. The summed E-state index contributed by atoms with van der Waals surface area (Å²) in [6, 6.07) is 15.8. The van der Waals surface area contributed by atoms with Crippen molar-refractivity contribution < 1.29 is 4.79 Å². The monoisotopic (exact) mass is 370 g/mol. The van der Waals surface area contributed by atoms with Gasteiger partial charge in [-0.25, -0.2) is 0 Å². The molecule has 1 saturated heterocycles. The number of carbonyl (C=O) groups is 1. The molecule has 2 aromatic carbocycles. The van der Waals surface area contributed by atoms with Gasteiger partial charge in [0.15, 0.2) is 0 Å². The van der Waals surface area contributed by atoms with Crippen LogP contribution in [0.5, 0.6) is 0 Å². The second kappa shape index (κ2) is 9.20. The maximum Gasteiger partial charge on any atom is 0.251 e. The van der Waals surface area contributed by atoms with Gasteiger partial charge in [0.25, 0.3) is 5.91 Å². The van der Waals surface area contributed by atoms with Crippen molar-refractivity contribution in [3.8, 4) is 0 Å². The first-order chi connectivity index (χ1) is 12.6. The minimum Gasteiger partial charge on any atom is -0.350 e. The predicted octanol–water partition coefficient (Wildman–Crippen LogP) is 5.00. The van der Waals surface area contributed by atoms with E-state index in [0.717, 1.165) is 29.2 Å². The third-order valence-electron chi connectivity index (χ3n) is 5.12. The standard InChI is InChI=1S/C22H27ClN2O/c1-17-10-12-18(13-11-17)22(26)24-16-21(19-8-4-5-9-20(19)23)25-14-6-2-3-7-15-25/h4-5,8-13,21H,2-3,6-7,14-16H2,1H3,(H,24,26). The molecule has 1 amide bonds. The van der Waals surface area contributed by atoms with Gasteiger partial charge in [-0.15, -0.1) is 0 Å². The number of benzene rings is 2. The number of nitrogens with one attached hydrogen (secondary N) is 1. The van der Waals surface area contributed by atoms with Crippen molar-refractivity contribution >= 4 is 17.5 Å². The molecule has 1 aliphatic heterocycles. The molecule has 0 spiro atoms. The Kier molecular flexibility index (Phi) is 6.70. The van der Waals surface area contributed by atoms with Gasteiger partial charge in [-0.05, 0) is 56.6 Å². The van der Waals surface area contributed by atoms with Crippen molar-refractivity contribution in [1.82, 2.24) is 10.2 Å². The first kappa shape index (κ1) is 18.9. The molecule has 1 heterocycles. The smallest absolute Gasteiger partial charge is 0.251 e. The van der Waals surface area contributed by atoms with Gasteiger partial charge >= 0.3 is 0 Å². The topological polar surface area (TPSA) is 32.3 Å². The Labute approximate surface area is 161 Å². The Morgan fingerprint density at radius 1 is 1.04 bits per heavy atom. The summed E-state index contributed by atoms with van der Waals surface area (Å²) in [5.41, 5.74) is 2.95. The van der Waals surface area contributed by atoms with Crippen LogP contribution in [0, 0.1) is 6.92 Å². The molecule has 0 aromatic heterocycles. The van der Waals surface area contributed by atoms with E-state index in [-0.39, 0.29) is 11.9 Å². The summed E-state index contributed by atoms with van der Waals surface area (Å²) in [7, 11) is 0. The third-order valence-corrected chi connectivity index (χ3v) is 5.46. The fourth-order valence-corrected chi connectivity index (χ4v) is 3.85. The van der Waals surface area contributed by atoms with E-state index in [1.54, 1.807) is 0 Å². The van der Waals surface area contributed by atoms with E-state index in [0.29, 0.717) is 12.1 Å². The lowest BCUT2D eigenvalue weighted by atomic mass is 10.0. The van der Waals surface area contributed by atoms with Crippen LogP contribution in [-0.4, -0.2) is 30.4 Å². The van der Waals surface area contributed by atoms with Crippen molar-refractivity contribution in [1.29, 1.82) is 0 Å². The Morgan fingerprint density at radius 2 is 1.69 bits per heavy atom. The number of amides is 1. The van der Waals surface area contributed by atoms with Crippen LogP contribution < -0.4 is 5.32 Å². The zero-order chi connectivity index (χ0) is 18.4. The average molecular weight is 371 g/mol. The molecule has 1 atom stereocenters. The predicted molar refractivity (Wildman–Crippen MR) is 108 cm³/mol. The zero-order valence-electron chi connectivity index (χ0n) is 15.4. The number of likely N-dealkylation sites (tertiary alicyclic amines) is 1. The zero-order valence-corrected chi connectivity index (χ0v) is 16.1. The molecular formula is C22H27ClN2O. The average Bonchev–Trinajstić information content (AvgIpc) is 2.93. The molecule has 0 saturated carbocycles. The third kappa shape index (κ3) is 4.87. The fourth-order valence-electron chi connectivity index (χ4n) is 3.58. The summed E-state index contributed by atoms with van der Waals surface area (Å²) in [6.45, 7) is 4.69. The van der Waals surface area contributed by atoms with Crippen LogP contribution in [0.3, 0.4) is 0 Å². The fraction of sp³-hybridized carbons (Fsp3) is 0.409. The second-order valence-corrected chi connectivity index (χ2v) is 7.47. The van der Waals surface area contributed by atoms with E-state index in [4.69, 9.17) is 11.6 Å². The number of aryl methyl sites for hydroxylation is 1. The number of halogens is 1. The summed E-state index contributed by atoms with van der Waals surface area (Å²) >= 11 is 6.49. The van der Waals surface area contributed by atoms with Gasteiger partial charge in [-0.3, -0.25) is 9.69 Å². The molecule has 3 nitrogen and oxygen atoms in total. The molecule has 2 aromatic rings. The number of hydrogen-bond donors (Lipinski definition) is 1. The maximum atomic E-state index is 12.6. The lowest BCUT2D eigenvalue weighted by Crippen LogP contribution is -2.38.